The standard InChI is InChI=1S/C76H119ClF6N12O13/c1-14-46(6)63-71(105)89(9)44-62(98)90(10)55-25-18-17-21-36-94(70(55)104)59(39-48-26-30-50(31-27-48)75(78,79)80)69(103)88(8)43-60(96)84-54(33-29-47-28-32-52(53(77)38-47)76(81,82)83)67(101)95-42-51(108-16-3)40-57(95)66(100)86-74(34-22-35-74)73(107)93(13)64(49-23-19-20-24-49)72(106)92(12)58(68(102)87(7)15-2)41-61(97)91(11)56(37-45(4)5)65(99)85-63/h17-18,45-59,63-64H,14-16,19-44H2,1-13H3,(H,84,96)(H,85,99)(H,86,100)/b18-17-/t46-,47?,48?,50?,51+,52?,53?,54-,55-,56-,57-,58-,59-,63-,64-/m0/s1. The van der Waals surface area contributed by atoms with Crippen LogP contribution >= 0.6 is 11.6 Å². The predicted octanol–water partition coefficient (Wildman–Crippen LogP) is 7.06. The highest BCUT2D eigenvalue weighted by molar-refractivity contribution is 6.21. The zero-order valence-corrected chi connectivity index (χ0v) is 66.2. The molecular weight excluding hydrogens is 1440 g/mol. The highest BCUT2D eigenvalue weighted by Gasteiger charge is 2.55. The molecule has 6 fully saturated rings. The van der Waals surface area contributed by atoms with Gasteiger partial charge in [-0.05, 0) is 159 Å². The van der Waals surface area contributed by atoms with Crippen LogP contribution in [0.4, 0.5) is 26.3 Å². The number of likely N-dealkylation sites (N-methyl/N-ethyl adjacent to an activating group) is 7. The quantitative estimate of drug-likeness (QED) is 0.0893. The number of rotatable bonds is 14. The van der Waals surface area contributed by atoms with Crippen LogP contribution < -0.4 is 16.0 Å². The molecule has 0 aromatic carbocycles. The number of nitrogens with zero attached hydrogens (tertiary/aromatic N) is 9. The Labute approximate surface area is 637 Å². The van der Waals surface area contributed by atoms with Crippen LogP contribution in [0.25, 0.3) is 0 Å². The Morgan fingerprint density at radius 2 is 1.30 bits per heavy atom. The first-order chi connectivity index (χ1) is 50.7. The molecule has 3 aliphatic heterocycles. The van der Waals surface area contributed by atoms with Crippen LogP contribution in [0.5, 0.6) is 0 Å². The van der Waals surface area contributed by atoms with Gasteiger partial charge in [-0.1, -0.05) is 59.1 Å². The Morgan fingerprint density at radius 1 is 0.657 bits per heavy atom. The third-order valence-electron chi connectivity index (χ3n) is 24.3. The van der Waals surface area contributed by atoms with Gasteiger partial charge in [-0.25, -0.2) is 0 Å². The molecule has 7 aliphatic rings. The van der Waals surface area contributed by atoms with E-state index < -0.39 is 204 Å². The number of carbonyl (C=O) groups is 12. The van der Waals surface area contributed by atoms with Crippen LogP contribution in [0.2, 0.25) is 0 Å². The third-order valence-corrected chi connectivity index (χ3v) is 24.8. The van der Waals surface area contributed by atoms with Gasteiger partial charge in [0, 0.05) is 87.4 Å². The molecule has 108 heavy (non-hydrogen) atoms. The van der Waals surface area contributed by atoms with Crippen LogP contribution in [-0.2, 0) is 62.3 Å². The van der Waals surface area contributed by atoms with Gasteiger partial charge < -0.3 is 64.8 Å². The molecule has 12 amide bonds. The molecule has 4 saturated carbocycles. The lowest BCUT2D eigenvalue weighted by atomic mass is 9.74. The van der Waals surface area contributed by atoms with E-state index in [4.69, 9.17) is 16.3 Å². The maximum absolute atomic E-state index is 15.6. The van der Waals surface area contributed by atoms with Crippen molar-refractivity contribution >= 4 is 82.5 Å². The number of carbonyl (C=O) groups excluding carboxylic acids is 12. The molecule has 2 bridgehead atoms. The van der Waals surface area contributed by atoms with Crippen molar-refractivity contribution in [1.29, 1.82) is 0 Å². The summed E-state index contributed by atoms with van der Waals surface area (Å²) >= 11 is 6.43. The average molecular weight is 1560 g/mol. The molecule has 13 atom stereocenters. The van der Waals surface area contributed by atoms with Gasteiger partial charge in [-0.3, -0.25) is 57.5 Å². The summed E-state index contributed by atoms with van der Waals surface area (Å²) in [6.07, 6.45) is -4.44. The van der Waals surface area contributed by atoms with Crippen LogP contribution in [-0.4, -0.2) is 281 Å². The second-order valence-electron chi connectivity index (χ2n) is 32.2. The minimum absolute atomic E-state index is 0.0348. The van der Waals surface area contributed by atoms with Gasteiger partial charge in [0.15, 0.2) is 0 Å². The lowest BCUT2D eigenvalue weighted by molar-refractivity contribution is -0.184. The van der Waals surface area contributed by atoms with E-state index in [1.807, 2.05) is 13.8 Å². The summed E-state index contributed by atoms with van der Waals surface area (Å²) in [5.74, 6) is -14.4. The van der Waals surface area contributed by atoms with E-state index >= 15 is 33.6 Å². The summed E-state index contributed by atoms with van der Waals surface area (Å²) < 4.78 is 90.9. The van der Waals surface area contributed by atoms with E-state index in [2.05, 4.69) is 16.0 Å². The van der Waals surface area contributed by atoms with Crippen molar-refractivity contribution in [2.45, 2.75) is 267 Å². The molecule has 610 valence electrons. The molecule has 32 heteroatoms. The summed E-state index contributed by atoms with van der Waals surface area (Å²) in [7, 11) is 9.74. The fraction of sp³-hybridized carbons (Fsp3) is 0.816. The largest absolute Gasteiger partial charge is 0.393 e. The van der Waals surface area contributed by atoms with Crippen molar-refractivity contribution in [3.63, 3.8) is 0 Å². The Kier molecular flexibility index (Phi) is 31.5. The summed E-state index contributed by atoms with van der Waals surface area (Å²) in [6, 6.07) is -10.9. The number of halogens is 7. The molecular formula is C76H119ClF6N12O13. The lowest BCUT2D eigenvalue weighted by Gasteiger charge is -2.46. The van der Waals surface area contributed by atoms with E-state index in [1.165, 1.54) is 78.7 Å². The van der Waals surface area contributed by atoms with Gasteiger partial charge in [0.05, 0.1) is 37.5 Å². The first-order valence-electron chi connectivity index (χ1n) is 39.1. The van der Waals surface area contributed by atoms with E-state index in [0.29, 0.717) is 38.5 Å². The number of fused-ring (bicyclic) bond motifs is 3. The smallest absolute Gasteiger partial charge is 0.377 e. The number of nitrogens with one attached hydrogen (secondary N) is 3. The van der Waals surface area contributed by atoms with Crippen molar-refractivity contribution < 1.29 is 88.6 Å². The average Bonchev–Trinajstić information content (AvgIpc) is 1.26. The highest BCUT2D eigenvalue weighted by Crippen LogP contribution is 2.45. The van der Waals surface area contributed by atoms with Gasteiger partial charge in [-0.2, -0.15) is 26.3 Å². The zero-order chi connectivity index (χ0) is 80.2. The molecule has 0 radical (unpaired) electrons. The van der Waals surface area contributed by atoms with Crippen molar-refractivity contribution in [3.8, 4) is 0 Å². The second kappa shape index (κ2) is 38.4. The van der Waals surface area contributed by atoms with Crippen molar-refractivity contribution in [2.24, 2.45) is 41.4 Å². The van der Waals surface area contributed by atoms with Gasteiger partial charge in [0.25, 0.3) is 0 Å². The minimum Gasteiger partial charge on any atom is -0.377 e. The van der Waals surface area contributed by atoms with E-state index in [9.17, 15) is 50.3 Å². The van der Waals surface area contributed by atoms with Crippen LogP contribution in [0.1, 0.15) is 189 Å². The van der Waals surface area contributed by atoms with Crippen molar-refractivity contribution in [1.82, 2.24) is 60.0 Å². The summed E-state index contributed by atoms with van der Waals surface area (Å²) in [5, 5.41) is 7.35. The molecule has 7 rings (SSSR count). The topological polar surface area (TPSA) is 279 Å². The fourth-order valence-corrected chi connectivity index (χ4v) is 17.6. The van der Waals surface area contributed by atoms with Crippen LogP contribution in [0.15, 0.2) is 12.2 Å². The number of hydrogen-bond acceptors (Lipinski definition) is 13. The number of amides is 12. The number of hydrogen-bond donors (Lipinski definition) is 3. The molecule has 3 heterocycles. The molecule has 0 aromatic heterocycles. The van der Waals surface area contributed by atoms with Gasteiger partial charge >= 0.3 is 12.4 Å². The first kappa shape index (κ1) is 88.4. The Hall–Kier alpha value is -6.79. The first-order valence-corrected chi connectivity index (χ1v) is 39.5. The van der Waals surface area contributed by atoms with E-state index in [0.717, 1.165) is 14.7 Å². The molecule has 3 N–H and O–H groups in total. The highest BCUT2D eigenvalue weighted by atomic mass is 35.5. The van der Waals surface area contributed by atoms with Gasteiger partial charge in [0.1, 0.15) is 53.9 Å². The zero-order valence-electron chi connectivity index (χ0n) is 65.5. The molecule has 25 nitrogen and oxygen atoms in total. The minimum atomic E-state index is -4.57. The Balaban J connectivity index is 1.32. The molecule has 1 spiro atoms. The predicted molar refractivity (Wildman–Crippen MR) is 390 cm³/mol. The third kappa shape index (κ3) is 21.7. The van der Waals surface area contributed by atoms with Gasteiger partial charge in [0.2, 0.25) is 70.9 Å². The van der Waals surface area contributed by atoms with E-state index in [-0.39, 0.29) is 135 Å². The van der Waals surface area contributed by atoms with E-state index in [1.54, 1.807) is 39.8 Å². The summed E-state index contributed by atoms with van der Waals surface area (Å²) in [6.45, 7) is 9.21. The second-order valence-corrected chi connectivity index (χ2v) is 32.7. The molecule has 3 unspecified atom stereocenters. The van der Waals surface area contributed by atoms with Crippen molar-refractivity contribution in [2.75, 3.05) is 88.7 Å². The number of ether oxygens (including phenoxy) is 1. The summed E-state index contributed by atoms with van der Waals surface area (Å²) in [4.78, 5) is 193. The Bertz CT molecular complexity index is 3220. The van der Waals surface area contributed by atoms with Crippen LogP contribution in [0.3, 0.4) is 0 Å². The summed E-state index contributed by atoms with van der Waals surface area (Å²) in [5.41, 5.74) is -1.63. The maximum Gasteiger partial charge on any atom is 0.393 e. The lowest BCUT2D eigenvalue weighted by Crippen LogP contribution is -2.68. The normalized spacial score (nSPS) is 31.3. The van der Waals surface area contributed by atoms with Crippen LogP contribution in [0, 0.1) is 41.4 Å². The fourth-order valence-electron chi connectivity index (χ4n) is 17.0. The SMILES string of the molecule is CCO[C@@H]1C[C@H]2C(=O)NC3(CCC3)C(=O)N(C)[C@@H](C3CCCC3)C(=O)N(C)[C@H](C(=O)N(C)CC)CC(=O)N(C)[C@@H](CC(C)C)C(=O)N[C@@H]([C@@H](C)CC)C(=O)N(C)CC(=O)N(C)[C@H]3C/C=C\CCN(C3=O)[C@@H](CC3CCC(C(F)(F)F)CC3)C(=O)N(C)CC(=O)N[C@@H](CCC3CCC(C(F)(F)F)C(Cl)C3)C(=O)N2C1. The number of alkyl halides is 7. The maximum atomic E-state index is 15.6. The van der Waals surface area contributed by atoms with Gasteiger partial charge in [-0.15, -0.1) is 11.6 Å². The Morgan fingerprint density at radius 3 is 1.87 bits per heavy atom. The molecule has 2 saturated heterocycles. The van der Waals surface area contributed by atoms with Crippen molar-refractivity contribution in [3.05, 3.63) is 12.2 Å². The monoisotopic (exact) mass is 1560 g/mol. The molecule has 0 aromatic rings. The molecule has 4 aliphatic carbocycles.